The van der Waals surface area contributed by atoms with Crippen molar-refractivity contribution in [1.29, 1.82) is 5.26 Å². The summed E-state index contributed by atoms with van der Waals surface area (Å²) in [6.07, 6.45) is 0.608. The Kier molecular flexibility index (Phi) is 4.30. The number of hydrogen-bond donors (Lipinski definition) is 0. The first-order valence-corrected chi connectivity index (χ1v) is 8.05. The van der Waals surface area contributed by atoms with E-state index in [1.807, 2.05) is 6.07 Å². The lowest BCUT2D eigenvalue weighted by Crippen LogP contribution is -2.38. The van der Waals surface area contributed by atoms with Crippen LogP contribution in [0.2, 0.25) is 0 Å². The molecule has 0 aromatic heterocycles. The highest BCUT2D eigenvalue weighted by atomic mass is 32.2. The Labute approximate surface area is 124 Å². The van der Waals surface area contributed by atoms with Crippen LogP contribution in [0.15, 0.2) is 23.1 Å². The second kappa shape index (κ2) is 5.84. The first-order valence-electron chi connectivity index (χ1n) is 6.61. The number of nitrogens with zero attached hydrogens (tertiary/aromatic N) is 3. The summed E-state index contributed by atoms with van der Waals surface area (Å²) in [5, 5.41) is 8.85. The molecule has 1 aliphatic rings. The number of benzene rings is 1. The Bertz CT molecular complexity index is 707. The SMILES string of the molecule is Cc1cc(C#N)ccc1S(=O)(=O)N1CCCN(C)C(=O)C1. The zero-order chi connectivity index (χ0) is 15.6. The van der Waals surface area contributed by atoms with Crippen LogP contribution in [-0.2, 0) is 14.8 Å². The highest BCUT2D eigenvalue weighted by Gasteiger charge is 2.30. The van der Waals surface area contributed by atoms with Crippen LogP contribution in [0.5, 0.6) is 0 Å². The Hall–Kier alpha value is -1.91. The summed E-state index contributed by atoms with van der Waals surface area (Å²) < 4.78 is 26.6. The molecule has 6 nitrogen and oxygen atoms in total. The molecule has 1 aromatic carbocycles. The molecule has 0 unspecified atom stereocenters. The van der Waals surface area contributed by atoms with Crippen molar-refractivity contribution in [1.82, 2.24) is 9.21 Å². The van der Waals surface area contributed by atoms with Gasteiger partial charge in [0.2, 0.25) is 15.9 Å². The van der Waals surface area contributed by atoms with Gasteiger partial charge in [0.25, 0.3) is 0 Å². The lowest BCUT2D eigenvalue weighted by molar-refractivity contribution is -0.129. The number of amides is 1. The Morgan fingerprint density at radius 2 is 2.00 bits per heavy atom. The van der Waals surface area contributed by atoms with Crippen molar-refractivity contribution in [3.05, 3.63) is 29.3 Å². The molecule has 0 aliphatic carbocycles. The number of carbonyl (C=O) groups is 1. The lowest BCUT2D eigenvalue weighted by atomic mass is 10.2. The molecule has 1 fully saturated rings. The van der Waals surface area contributed by atoms with E-state index in [4.69, 9.17) is 5.26 Å². The molecule has 0 radical (unpaired) electrons. The van der Waals surface area contributed by atoms with Gasteiger partial charge in [0.15, 0.2) is 0 Å². The van der Waals surface area contributed by atoms with Gasteiger partial charge in [0.05, 0.1) is 23.1 Å². The predicted molar refractivity (Wildman–Crippen MR) is 76.9 cm³/mol. The van der Waals surface area contributed by atoms with Crippen LogP contribution in [0.1, 0.15) is 17.5 Å². The first-order chi connectivity index (χ1) is 9.86. The van der Waals surface area contributed by atoms with Crippen molar-refractivity contribution in [2.75, 3.05) is 26.7 Å². The number of rotatable bonds is 2. The van der Waals surface area contributed by atoms with Crippen LogP contribution >= 0.6 is 0 Å². The number of sulfonamides is 1. The zero-order valence-electron chi connectivity index (χ0n) is 12.0. The van der Waals surface area contributed by atoms with Gasteiger partial charge in [-0.2, -0.15) is 9.57 Å². The Morgan fingerprint density at radius 3 is 2.62 bits per heavy atom. The van der Waals surface area contributed by atoms with Gasteiger partial charge in [0.1, 0.15) is 0 Å². The summed E-state index contributed by atoms with van der Waals surface area (Å²) in [5.74, 6) is -0.206. The van der Waals surface area contributed by atoms with E-state index in [0.717, 1.165) is 0 Å². The van der Waals surface area contributed by atoms with E-state index in [1.165, 1.54) is 16.4 Å². The maximum atomic E-state index is 12.7. The molecule has 0 spiro atoms. The van der Waals surface area contributed by atoms with Gasteiger partial charge in [-0.25, -0.2) is 8.42 Å². The molecule has 1 aromatic rings. The normalized spacial score (nSPS) is 17.4. The highest BCUT2D eigenvalue weighted by molar-refractivity contribution is 7.89. The lowest BCUT2D eigenvalue weighted by Gasteiger charge is -2.20. The Morgan fingerprint density at radius 1 is 1.29 bits per heavy atom. The molecule has 1 heterocycles. The number of nitriles is 1. The third-order valence-corrected chi connectivity index (χ3v) is 5.57. The molecule has 1 aliphatic heterocycles. The van der Waals surface area contributed by atoms with Crippen molar-refractivity contribution in [3.63, 3.8) is 0 Å². The van der Waals surface area contributed by atoms with Crippen molar-refractivity contribution in [2.24, 2.45) is 0 Å². The zero-order valence-corrected chi connectivity index (χ0v) is 12.9. The predicted octanol–water partition coefficient (Wildman–Crippen LogP) is 0.720. The van der Waals surface area contributed by atoms with Gasteiger partial charge >= 0.3 is 0 Å². The summed E-state index contributed by atoms with van der Waals surface area (Å²) in [4.78, 5) is 13.6. The Balaban J connectivity index is 2.38. The molecule has 2 rings (SSSR count). The maximum Gasteiger partial charge on any atom is 0.243 e. The molecule has 0 atom stereocenters. The summed E-state index contributed by atoms with van der Waals surface area (Å²) in [6.45, 7) is 2.38. The molecule has 1 amide bonds. The third-order valence-electron chi connectivity index (χ3n) is 3.56. The molecule has 1 saturated heterocycles. The van der Waals surface area contributed by atoms with Crippen molar-refractivity contribution < 1.29 is 13.2 Å². The van der Waals surface area contributed by atoms with E-state index in [9.17, 15) is 13.2 Å². The molecular weight excluding hydrogens is 290 g/mol. The average Bonchev–Trinajstić information content (AvgIpc) is 2.61. The minimum Gasteiger partial charge on any atom is -0.345 e. The fourth-order valence-electron chi connectivity index (χ4n) is 2.31. The van der Waals surface area contributed by atoms with Gasteiger partial charge in [-0.05, 0) is 37.1 Å². The number of carbonyl (C=O) groups excluding carboxylic acids is 1. The van der Waals surface area contributed by atoms with E-state index < -0.39 is 10.0 Å². The van der Waals surface area contributed by atoms with E-state index in [1.54, 1.807) is 24.9 Å². The van der Waals surface area contributed by atoms with Gasteiger partial charge in [-0.1, -0.05) is 0 Å². The van der Waals surface area contributed by atoms with Gasteiger partial charge in [-0.3, -0.25) is 4.79 Å². The topological polar surface area (TPSA) is 81.5 Å². The number of likely N-dealkylation sites (N-methyl/N-ethyl adjacent to an activating group) is 1. The van der Waals surface area contributed by atoms with Crippen molar-refractivity contribution in [3.8, 4) is 6.07 Å². The third kappa shape index (κ3) is 3.06. The standard InChI is InChI=1S/C14H17N3O3S/c1-11-8-12(9-15)4-5-13(11)21(19,20)17-7-3-6-16(2)14(18)10-17/h4-5,8H,3,6-7,10H2,1-2H3. The summed E-state index contributed by atoms with van der Waals surface area (Å²) in [5.41, 5.74) is 0.928. The quantitative estimate of drug-likeness (QED) is 0.806. The van der Waals surface area contributed by atoms with Crippen LogP contribution < -0.4 is 0 Å². The molecule has 21 heavy (non-hydrogen) atoms. The van der Waals surface area contributed by atoms with E-state index in [2.05, 4.69) is 0 Å². The summed E-state index contributed by atoms with van der Waals surface area (Å²) in [6, 6.07) is 6.43. The van der Waals surface area contributed by atoms with Gasteiger partial charge in [-0.15, -0.1) is 0 Å². The minimum atomic E-state index is -3.72. The van der Waals surface area contributed by atoms with Crippen LogP contribution in [0.3, 0.4) is 0 Å². The molecule has 7 heteroatoms. The molecular formula is C14H17N3O3S. The molecule has 0 N–H and O–H groups in total. The number of hydrogen-bond acceptors (Lipinski definition) is 4. The highest BCUT2D eigenvalue weighted by Crippen LogP contribution is 2.22. The largest absolute Gasteiger partial charge is 0.345 e. The van der Waals surface area contributed by atoms with Crippen molar-refractivity contribution in [2.45, 2.75) is 18.2 Å². The van der Waals surface area contributed by atoms with E-state index in [0.29, 0.717) is 30.6 Å². The molecule has 0 bridgehead atoms. The van der Waals surface area contributed by atoms with Crippen molar-refractivity contribution >= 4 is 15.9 Å². The van der Waals surface area contributed by atoms with Gasteiger partial charge in [0, 0.05) is 20.1 Å². The second-order valence-electron chi connectivity index (χ2n) is 5.10. The van der Waals surface area contributed by atoms with Crippen LogP contribution in [0.4, 0.5) is 0 Å². The minimum absolute atomic E-state index is 0.141. The van der Waals surface area contributed by atoms with Crippen LogP contribution in [0, 0.1) is 18.3 Å². The summed E-state index contributed by atoms with van der Waals surface area (Å²) in [7, 11) is -2.05. The van der Waals surface area contributed by atoms with E-state index in [-0.39, 0.29) is 17.3 Å². The second-order valence-corrected chi connectivity index (χ2v) is 7.01. The summed E-state index contributed by atoms with van der Waals surface area (Å²) >= 11 is 0. The molecule has 0 saturated carbocycles. The monoisotopic (exact) mass is 307 g/mol. The first kappa shape index (κ1) is 15.5. The van der Waals surface area contributed by atoms with E-state index >= 15 is 0 Å². The molecule has 112 valence electrons. The van der Waals surface area contributed by atoms with Crippen LogP contribution in [-0.4, -0.2) is 50.2 Å². The van der Waals surface area contributed by atoms with Crippen LogP contribution in [0.25, 0.3) is 0 Å². The smallest absolute Gasteiger partial charge is 0.243 e. The average molecular weight is 307 g/mol. The fourth-order valence-corrected chi connectivity index (χ4v) is 3.95. The fraction of sp³-hybridized carbons (Fsp3) is 0.429. The maximum absolute atomic E-state index is 12.7. The van der Waals surface area contributed by atoms with Gasteiger partial charge < -0.3 is 4.90 Å². The number of aryl methyl sites for hydroxylation is 1.